The standard InChI is InChI=1S/C18H27NO4/c1-17(2,3)23-16(20)19-11-10-18(4,21)15(19)13-22-12-14-8-6-5-7-9-14/h5-9,15,21H,10-13H2,1-4H3/t15-,18+/m0/s1. The molecule has 0 spiro atoms. The number of aliphatic hydroxyl groups is 1. The minimum atomic E-state index is -0.965. The van der Waals surface area contributed by atoms with Crippen LogP contribution in [0.5, 0.6) is 0 Å². The summed E-state index contributed by atoms with van der Waals surface area (Å²) in [7, 11) is 0. The number of benzene rings is 1. The lowest BCUT2D eigenvalue weighted by Crippen LogP contribution is -2.49. The van der Waals surface area contributed by atoms with E-state index < -0.39 is 23.3 Å². The highest BCUT2D eigenvalue weighted by Crippen LogP contribution is 2.30. The highest BCUT2D eigenvalue weighted by molar-refractivity contribution is 5.69. The minimum Gasteiger partial charge on any atom is -0.444 e. The highest BCUT2D eigenvalue weighted by atomic mass is 16.6. The molecule has 1 aromatic carbocycles. The van der Waals surface area contributed by atoms with E-state index in [1.807, 2.05) is 51.1 Å². The molecular weight excluding hydrogens is 294 g/mol. The van der Waals surface area contributed by atoms with E-state index >= 15 is 0 Å². The Morgan fingerprint density at radius 2 is 2.00 bits per heavy atom. The quantitative estimate of drug-likeness (QED) is 0.926. The summed E-state index contributed by atoms with van der Waals surface area (Å²) in [6.07, 6.45) is 0.120. The van der Waals surface area contributed by atoms with E-state index in [0.717, 1.165) is 5.56 Å². The molecule has 0 unspecified atom stereocenters. The third-order valence-electron chi connectivity index (χ3n) is 3.97. The zero-order valence-electron chi connectivity index (χ0n) is 14.4. The molecule has 0 bridgehead atoms. The SMILES string of the molecule is CC(C)(C)OC(=O)N1CC[C@@](C)(O)[C@@H]1COCc1ccccc1. The van der Waals surface area contributed by atoms with Crippen molar-refractivity contribution in [2.45, 2.75) is 58.0 Å². The molecule has 1 aliphatic heterocycles. The summed E-state index contributed by atoms with van der Waals surface area (Å²) in [5.74, 6) is 0. The fraction of sp³-hybridized carbons (Fsp3) is 0.611. The molecule has 0 aromatic heterocycles. The Morgan fingerprint density at radius 1 is 1.35 bits per heavy atom. The first-order valence-electron chi connectivity index (χ1n) is 8.03. The lowest BCUT2D eigenvalue weighted by Gasteiger charge is -2.32. The van der Waals surface area contributed by atoms with Crippen molar-refractivity contribution in [2.24, 2.45) is 0 Å². The molecule has 5 nitrogen and oxygen atoms in total. The molecule has 0 radical (unpaired) electrons. The van der Waals surface area contributed by atoms with Crippen LogP contribution in [0.2, 0.25) is 0 Å². The van der Waals surface area contributed by atoms with Gasteiger partial charge in [0.2, 0.25) is 0 Å². The summed E-state index contributed by atoms with van der Waals surface area (Å²) in [5.41, 5.74) is -0.455. The van der Waals surface area contributed by atoms with Gasteiger partial charge in [-0.15, -0.1) is 0 Å². The Morgan fingerprint density at radius 3 is 2.61 bits per heavy atom. The Kier molecular flexibility index (Phi) is 5.32. The van der Waals surface area contributed by atoms with Gasteiger partial charge in [0.05, 0.1) is 24.9 Å². The van der Waals surface area contributed by atoms with E-state index in [4.69, 9.17) is 9.47 Å². The van der Waals surface area contributed by atoms with Crippen molar-refractivity contribution >= 4 is 6.09 Å². The van der Waals surface area contributed by atoms with E-state index in [2.05, 4.69) is 0 Å². The molecular formula is C18H27NO4. The zero-order chi connectivity index (χ0) is 17.1. The fourth-order valence-corrected chi connectivity index (χ4v) is 2.68. The Balaban J connectivity index is 1.96. The van der Waals surface area contributed by atoms with Gasteiger partial charge in [0.15, 0.2) is 0 Å². The number of likely N-dealkylation sites (tertiary alicyclic amines) is 1. The number of nitrogens with zero attached hydrogens (tertiary/aromatic N) is 1. The number of carbonyl (C=O) groups excluding carboxylic acids is 1. The first-order valence-corrected chi connectivity index (χ1v) is 8.03. The molecule has 1 fully saturated rings. The lowest BCUT2D eigenvalue weighted by molar-refractivity contribution is -0.0389. The topological polar surface area (TPSA) is 59.0 Å². The Bertz CT molecular complexity index is 522. The van der Waals surface area contributed by atoms with Crippen molar-refractivity contribution in [1.29, 1.82) is 0 Å². The van der Waals surface area contributed by atoms with Crippen LogP contribution in [0, 0.1) is 0 Å². The van der Waals surface area contributed by atoms with Crippen LogP contribution in [0.25, 0.3) is 0 Å². The first kappa shape index (κ1) is 17.8. The molecule has 0 saturated carbocycles. The fourth-order valence-electron chi connectivity index (χ4n) is 2.68. The average Bonchev–Trinajstić information content (AvgIpc) is 2.74. The van der Waals surface area contributed by atoms with Gasteiger partial charge in [-0.25, -0.2) is 4.79 Å². The second kappa shape index (κ2) is 6.89. The summed E-state index contributed by atoms with van der Waals surface area (Å²) in [6.45, 7) is 8.45. The summed E-state index contributed by atoms with van der Waals surface area (Å²) in [4.78, 5) is 13.9. The van der Waals surface area contributed by atoms with Crippen molar-refractivity contribution in [3.8, 4) is 0 Å². The molecule has 1 aromatic rings. The van der Waals surface area contributed by atoms with Gasteiger partial charge in [-0.3, -0.25) is 4.90 Å². The Hall–Kier alpha value is -1.59. The van der Waals surface area contributed by atoms with Crippen LogP contribution >= 0.6 is 0 Å². The summed E-state index contributed by atoms with van der Waals surface area (Å²) < 4.78 is 11.2. The molecule has 1 N–H and O–H groups in total. The molecule has 2 atom stereocenters. The van der Waals surface area contributed by atoms with Crippen molar-refractivity contribution in [2.75, 3.05) is 13.2 Å². The van der Waals surface area contributed by atoms with Gasteiger partial charge in [-0.2, -0.15) is 0 Å². The van der Waals surface area contributed by atoms with Crippen LogP contribution in [0.3, 0.4) is 0 Å². The maximum absolute atomic E-state index is 12.3. The largest absolute Gasteiger partial charge is 0.444 e. The normalized spacial score (nSPS) is 24.7. The van der Waals surface area contributed by atoms with Gasteiger partial charge in [0, 0.05) is 6.54 Å². The minimum absolute atomic E-state index is 0.279. The van der Waals surface area contributed by atoms with Gasteiger partial charge < -0.3 is 14.6 Å². The molecule has 1 amide bonds. The van der Waals surface area contributed by atoms with Gasteiger partial charge in [-0.05, 0) is 39.7 Å². The van der Waals surface area contributed by atoms with E-state index in [0.29, 0.717) is 19.6 Å². The van der Waals surface area contributed by atoms with E-state index in [-0.39, 0.29) is 6.61 Å². The Labute approximate surface area is 138 Å². The van der Waals surface area contributed by atoms with Gasteiger partial charge in [0.25, 0.3) is 0 Å². The van der Waals surface area contributed by atoms with Gasteiger partial charge >= 0.3 is 6.09 Å². The van der Waals surface area contributed by atoms with Crippen LogP contribution in [0.1, 0.15) is 39.7 Å². The third-order valence-corrected chi connectivity index (χ3v) is 3.97. The van der Waals surface area contributed by atoms with Crippen molar-refractivity contribution in [3.05, 3.63) is 35.9 Å². The molecule has 23 heavy (non-hydrogen) atoms. The predicted octanol–water partition coefficient (Wildman–Crippen LogP) is 2.96. The van der Waals surface area contributed by atoms with E-state index in [1.165, 1.54) is 0 Å². The van der Waals surface area contributed by atoms with Gasteiger partial charge in [0.1, 0.15) is 5.60 Å². The van der Waals surface area contributed by atoms with E-state index in [9.17, 15) is 9.90 Å². The number of rotatable bonds is 4. The molecule has 1 heterocycles. The number of carbonyl (C=O) groups is 1. The van der Waals surface area contributed by atoms with Crippen LogP contribution in [-0.4, -0.2) is 46.5 Å². The van der Waals surface area contributed by atoms with Crippen LogP contribution in [0.4, 0.5) is 4.79 Å². The monoisotopic (exact) mass is 321 g/mol. The molecule has 2 rings (SSSR count). The average molecular weight is 321 g/mol. The number of amides is 1. The molecule has 128 valence electrons. The third kappa shape index (κ3) is 4.94. The summed E-state index contributed by atoms with van der Waals surface area (Å²) in [5, 5.41) is 10.5. The molecule has 0 aliphatic carbocycles. The van der Waals surface area contributed by atoms with E-state index in [1.54, 1.807) is 11.8 Å². The molecule has 1 aliphatic rings. The second-order valence-corrected chi connectivity index (χ2v) is 7.30. The predicted molar refractivity (Wildman–Crippen MR) is 88.1 cm³/mol. The van der Waals surface area contributed by atoms with Crippen LogP contribution in [-0.2, 0) is 16.1 Å². The number of ether oxygens (including phenoxy) is 2. The van der Waals surface area contributed by atoms with Crippen molar-refractivity contribution < 1.29 is 19.4 Å². The number of hydrogen-bond acceptors (Lipinski definition) is 4. The van der Waals surface area contributed by atoms with Crippen molar-refractivity contribution in [3.63, 3.8) is 0 Å². The van der Waals surface area contributed by atoms with Gasteiger partial charge in [-0.1, -0.05) is 30.3 Å². The number of hydrogen-bond donors (Lipinski definition) is 1. The van der Waals surface area contributed by atoms with Crippen molar-refractivity contribution in [1.82, 2.24) is 4.90 Å². The lowest BCUT2D eigenvalue weighted by atomic mass is 9.98. The summed E-state index contributed by atoms with van der Waals surface area (Å²) >= 11 is 0. The van der Waals surface area contributed by atoms with Crippen LogP contribution in [0.15, 0.2) is 30.3 Å². The first-order chi connectivity index (χ1) is 10.7. The zero-order valence-corrected chi connectivity index (χ0v) is 14.4. The molecule has 5 heteroatoms. The smallest absolute Gasteiger partial charge is 0.410 e. The second-order valence-electron chi connectivity index (χ2n) is 7.30. The van der Waals surface area contributed by atoms with Crippen LogP contribution < -0.4 is 0 Å². The highest BCUT2D eigenvalue weighted by Gasteiger charge is 2.46. The maximum Gasteiger partial charge on any atom is 0.410 e. The molecule has 1 saturated heterocycles. The summed E-state index contributed by atoms with van der Waals surface area (Å²) in [6, 6.07) is 9.43. The maximum atomic E-state index is 12.3.